The summed E-state index contributed by atoms with van der Waals surface area (Å²) in [7, 11) is 0. The third kappa shape index (κ3) is 5.54. The van der Waals surface area contributed by atoms with Crippen molar-refractivity contribution in [2.45, 2.75) is 40.8 Å². The van der Waals surface area contributed by atoms with Crippen LogP contribution in [-0.2, 0) is 0 Å². The first-order chi connectivity index (χ1) is 14.9. The van der Waals surface area contributed by atoms with Crippen LogP contribution < -0.4 is 32.7 Å². The maximum Gasteiger partial charge on any atom is 0.227 e. The van der Waals surface area contributed by atoms with E-state index in [9.17, 15) is 0 Å². The number of benzene rings is 2. The van der Waals surface area contributed by atoms with Crippen LogP contribution in [0.15, 0.2) is 46.4 Å². The van der Waals surface area contributed by atoms with Crippen molar-refractivity contribution in [3.8, 4) is 0 Å². The number of nitrogens with zero attached hydrogens (tertiary/aromatic N) is 4. The largest absolute Gasteiger partial charge is 0.370 e. The summed E-state index contributed by atoms with van der Waals surface area (Å²) in [5, 5.41) is 17.2. The molecule has 2 aromatic carbocycles. The Morgan fingerprint density at radius 3 is 1.34 bits per heavy atom. The highest BCUT2D eigenvalue weighted by Gasteiger charge is 2.30. The highest BCUT2D eigenvalue weighted by atomic mass is 15.4. The minimum absolute atomic E-state index is 0.184. The molecule has 0 heterocycles. The molecule has 0 aliphatic carbocycles. The fourth-order valence-electron chi connectivity index (χ4n) is 3.60. The van der Waals surface area contributed by atoms with E-state index in [1.165, 1.54) is 0 Å². The number of aliphatic imine (C=N–C) groups is 2. The molecule has 0 aromatic heterocycles. The van der Waals surface area contributed by atoms with Gasteiger partial charge in [0.05, 0.1) is 0 Å². The third-order valence-electron chi connectivity index (χ3n) is 4.90. The van der Waals surface area contributed by atoms with Gasteiger partial charge >= 0.3 is 0 Å². The van der Waals surface area contributed by atoms with Crippen LogP contribution in [0.2, 0.25) is 0 Å². The van der Waals surface area contributed by atoms with Crippen LogP contribution in [0.4, 0.5) is 11.4 Å². The zero-order valence-electron chi connectivity index (χ0n) is 19.1. The lowest BCUT2D eigenvalue weighted by molar-refractivity contribution is 0.734. The standard InChI is InChI=1S/C22H32N10/c1-12-6-8-17(14(3)10-12)31(21(27)29-19(23)24)16(5)32(22(28)30-20(25)26)18-9-7-13(2)11-15(18)4/h6-11,16H,1-5H3,(H5,23,24,27,29)(H5,25,26,28,30). The number of anilines is 2. The predicted molar refractivity (Wildman–Crippen MR) is 133 cm³/mol. The molecular formula is C22H32N10. The SMILES string of the molecule is Cc1ccc(N(C(=N)N=C(N)N)C(C)N(C(=N)N=C(N)N)c2ccc(C)cc2C)c(C)c1. The normalized spacial score (nSPS) is 11.3. The third-order valence-corrected chi connectivity index (χ3v) is 4.90. The van der Waals surface area contributed by atoms with E-state index in [2.05, 4.69) is 9.98 Å². The molecule has 0 unspecified atom stereocenters. The van der Waals surface area contributed by atoms with Crippen molar-refractivity contribution < 1.29 is 0 Å². The van der Waals surface area contributed by atoms with E-state index in [0.29, 0.717) is 11.4 Å². The molecule has 0 bridgehead atoms. The summed E-state index contributed by atoms with van der Waals surface area (Å²) in [6.45, 7) is 9.68. The Labute approximate surface area is 188 Å². The molecule has 170 valence electrons. The van der Waals surface area contributed by atoms with E-state index >= 15 is 0 Å². The molecule has 0 amide bonds. The molecule has 2 rings (SSSR count). The van der Waals surface area contributed by atoms with Crippen molar-refractivity contribution in [1.29, 1.82) is 10.8 Å². The van der Waals surface area contributed by atoms with Crippen LogP contribution in [0.1, 0.15) is 29.2 Å². The molecule has 0 spiro atoms. The lowest BCUT2D eigenvalue weighted by atomic mass is 10.1. The van der Waals surface area contributed by atoms with Gasteiger partial charge in [0.25, 0.3) is 0 Å². The molecule has 10 nitrogen and oxygen atoms in total. The van der Waals surface area contributed by atoms with Crippen LogP contribution in [-0.4, -0.2) is 30.0 Å². The summed E-state index contributed by atoms with van der Waals surface area (Å²) in [6, 6.07) is 11.7. The second-order valence-electron chi connectivity index (χ2n) is 7.67. The van der Waals surface area contributed by atoms with Gasteiger partial charge in [-0.3, -0.25) is 20.6 Å². The predicted octanol–water partition coefficient (Wildman–Crippen LogP) is 2.00. The average Bonchev–Trinajstić information content (AvgIpc) is 2.64. The molecule has 0 saturated carbocycles. The van der Waals surface area contributed by atoms with Gasteiger partial charge < -0.3 is 22.9 Å². The smallest absolute Gasteiger partial charge is 0.227 e. The Morgan fingerprint density at radius 2 is 1.06 bits per heavy atom. The van der Waals surface area contributed by atoms with Gasteiger partial charge in [-0.1, -0.05) is 35.4 Å². The molecule has 10 N–H and O–H groups in total. The monoisotopic (exact) mass is 436 g/mol. The fraction of sp³-hybridized carbons (Fsp3) is 0.273. The molecule has 32 heavy (non-hydrogen) atoms. The van der Waals surface area contributed by atoms with Gasteiger partial charge in [-0.25, -0.2) is 0 Å². The van der Waals surface area contributed by atoms with Crippen molar-refractivity contribution in [3.05, 3.63) is 58.7 Å². The van der Waals surface area contributed by atoms with Crippen molar-refractivity contribution >= 4 is 35.2 Å². The van der Waals surface area contributed by atoms with Gasteiger partial charge in [-0.15, -0.1) is 0 Å². The molecule has 0 fully saturated rings. The number of nitrogens with two attached hydrogens (primary N) is 4. The average molecular weight is 437 g/mol. The van der Waals surface area contributed by atoms with Gasteiger partial charge in [-0.2, -0.15) is 9.98 Å². The zero-order valence-corrected chi connectivity index (χ0v) is 19.1. The van der Waals surface area contributed by atoms with Gasteiger partial charge in [0.1, 0.15) is 6.17 Å². The van der Waals surface area contributed by atoms with Crippen LogP contribution in [0, 0.1) is 38.5 Å². The lowest BCUT2D eigenvalue weighted by Crippen LogP contribution is -2.52. The molecule has 0 radical (unpaired) electrons. The summed E-state index contributed by atoms with van der Waals surface area (Å²) < 4.78 is 0. The second-order valence-corrected chi connectivity index (χ2v) is 7.67. The van der Waals surface area contributed by atoms with Gasteiger partial charge in [-0.05, 0) is 57.9 Å². The van der Waals surface area contributed by atoms with E-state index < -0.39 is 6.17 Å². The zero-order chi connectivity index (χ0) is 24.2. The number of aryl methyl sites for hydroxylation is 4. The van der Waals surface area contributed by atoms with E-state index in [-0.39, 0.29) is 23.8 Å². The first-order valence-corrected chi connectivity index (χ1v) is 10.0. The maximum absolute atomic E-state index is 8.62. The number of hydrogen-bond acceptors (Lipinski definition) is 2. The number of hydrogen-bond donors (Lipinski definition) is 6. The first-order valence-electron chi connectivity index (χ1n) is 10.0. The van der Waals surface area contributed by atoms with Gasteiger partial charge in [0, 0.05) is 11.4 Å². The van der Waals surface area contributed by atoms with Crippen LogP contribution in [0.3, 0.4) is 0 Å². The molecule has 0 saturated heterocycles. The Bertz CT molecular complexity index is 993. The summed E-state index contributed by atoms with van der Waals surface area (Å²) in [4.78, 5) is 11.2. The fourth-order valence-corrected chi connectivity index (χ4v) is 3.60. The van der Waals surface area contributed by atoms with E-state index in [1.54, 1.807) is 9.80 Å². The van der Waals surface area contributed by atoms with E-state index in [4.69, 9.17) is 33.8 Å². The topological polar surface area (TPSA) is 183 Å². The van der Waals surface area contributed by atoms with Crippen molar-refractivity contribution in [3.63, 3.8) is 0 Å². The number of nitrogens with one attached hydrogen (secondary N) is 2. The Morgan fingerprint density at radius 1 is 0.719 bits per heavy atom. The summed E-state index contributed by atoms with van der Waals surface area (Å²) in [5.74, 6) is -0.850. The lowest BCUT2D eigenvalue weighted by Gasteiger charge is -2.39. The van der Waals surface area contributed by atoms with Crippen molar-refractivity contribution in [2.24, 2.45) is 32.9 Å². The van der Waals surface area contributed by atoms with Crippen LogP contribution in [0.5, 0.6) is 0 Å². The van der Waals surface area contributed by atoms with E-state index in [1.807, 2.05) is 71.0 Å². The summed E-state index contributed by atoms with van der Waals surface area (Å²) in [6.07, 6.45) is -0.635. The maximum atomic E-state index is 8.62. The van der Waals surface area contributed by atoms with Gasteiger partial charge in [0.2, 0.25) is 11.9 Å². The molecule has 2 aromatic rings. The molecule has 0 aliphatic rings. The highest BCUT2D eigenvalue weighted by Crippen LogP contribution is 2.30. The molecular weight excluding hydrogens is 404 g/mol. The van der Waals surface area contributed by atoms with Crippen molar-refractivity contribution in [1.82, 2.24) is 0 Å². The second kappa shape index (κ2) is 9.82. The Hall–Kier alpha value is -4.08. The summed E-state index contributed by atoms with van der Waals surface area (Å²) >= 11 is 0. The quantitative estimate of drug-likeness (QED) is 0.242. The molecule has 0 aliphatic heterocycles. The number of guanidine groups is 4. The Balaban J connectivity index is 2.74. The molecule has 0 atom stereocenters. The molecule has 10 heteroatoms. The number of rotatable bonds is 4. The van der Waals surface area contributed by atoms with Crippen molar-refractivity contribution in [2.75, 3.05) is 9.80 Å². The minimum atomic E-state index is -0.635. The summed E-state index contributed by atoms with van der Waals surface area (Å²) in [5.41, 5.74) is 27.7. The first kappa shape index (κ1) is 24.2. The minimum Gasteiger partial charge on any atom is -0.370 e. The Kier molecular flexibility index (Phi) is 7.42. The van der Waals surface area contributed by atoms with Crippen LogP contribution >= 0.6 is 0 Å². The van der Waals surface area contributed by atoms with E-state index in [0.717, 1.165) is 22.3 Å². The van der Waals surface area contributed by atoms with Crippen LogP contribution in [0.25, 0.3) is 0 Å². The van der Waals surface area contributed by atoms with Gasteiger partial charge in [0.15, 0.2) is 11.9 Å². The highest BCUT2D eigenvalue weighted by molar-refractivity contribution is 6.06.